The Labute approximate surface area is 252 Å². The molecule has 8 nitrogen and oxygen atoms in total. The number of pyridine rings is 1. The second-order valence-corrected chi connectivity index (χ2v) is 10.3. The summed E-state index contributed by atoms with van der Waals surface area (Å²) < 4.78 is 42.6. The number of carboxylic acid groups (broad SMARTS) is 1. The van der Waals surface area contributed by atoms with Gasteiger partial charge in [0.05, 0.1) is 26.4 Å². The standard InChI is InChI=1S/C27H32Cl2N4O2.C2HF3O2/c1-33-17-24(23-15-22(28)16-26(29)25(23)18-33)21-4-2-3-19(13-21)20-5-7-31-27(14-20)32-8-10-35-12-11-34-9-6-30;3-2(4,5)1(6)7/h2-5,7,13-16,24H,6,8-12,17-18,30H2,1H3,(H,31,32);(H,6,7)/t24-;/m0./s1. The number of halogens is 5. The molecular formula is C29H33Cl2F3N4O4. The number of aliphatic carboxylic acids is 1. The summed E-state index contributed by atoms with van der Waals surface area (Å²) in [6, 6.07) is 16.7. The van der Waals surface area contributed by atoms with E-state index < -0.39 is 12.1 Å². The monoisotopic (exact) mass is 628 g/mol. The number of carboxylic acids is 1. The molecule has 0 spiro atoms. The maximum atomic E-state index is 10.6. The SMILES string of the molecule is CN1Cc2c(Cl)cc(Cl)cc2[C@H](c2cccc(-c3ccnc(NCCOCCOCCN)c3)c2)C1.O=C(O)C(F)(F)F. The Hall–Kier alpha value is -2.93. The highest BCUT2D eigenvalue weighted by molar-refractivity contribution is 6.35. The molecule has 0 saturated carbocycles. The summed E-state index contributed by atoms with van der Waals surface area (Å²) in [6.45, 7) is 5.18. The summed E-state index contributed by atoms with van der Waals surface area (Å²) >= 11 is 12.9. The molecule has 0 amide bonds. The van der Waals surface area contributed by atoms with Crippen LogP contribution in [0.15, 0.2) is 54.7 Å². The number of likely N-dealkylation sites (N-methyl/N-ethyl adjacent to an activating group) is 1. The second kappa shape index (κ2) is 16.1. The lowest BCUT2D eigenvalue weighted by Gasteiger charge is -2.33. The van der Waals surface area contributed by atoms with Crippen molar-refractivity contribution in [3.05, 3.63) is 81.5 Å². The van der Waals surface area contributed by atoms with Gasteiger partial charge in [0.25, 0.3) is 0 Å². The lowest BCUT2D eigenvalue weighted by Crippen LogP contribution is -2.31. The minimum atomic E-state index is -5.08. The lowest BCUT2D eigenvalue weighted by molar-refractivity contribution is -0.192. The number of carbonyl (C=O) groups is 1. The van der Waals surface area contributed by atoms with E-state index in [1.807, 2.05) is 18.3 Å². The third kappa shape index (κ3) is 10.1. The lowest BCUT2D eigenvalue weighted by atomic mass is 9.84. The van der Waals surface area contributed by atoms with E-state index in [0.29, 0.717) is 44.5 Å². The fourth-order valence-corrected chi connectivity index (χ4v) is 5.00. The Morgan fingerprint density at radius 2 is 1.79 bits per heavy atom. The van der Waals surface area contributed by atoms with Crippen LogP contribution in [0.4, 0.5) is 19.0 Å². The highest BCUT2D eigenvalue weighted by Gasteiger charge is 2.38. The third-order valence-corrected chi connectivity index (χ3v) is 6.86. The molecular weight excluding hydrogens is 596 g/mol. The fraction of sp³-hybridized carbons (Fsp3) is 0.379. The number of nitrogens with zero attached hydrogens (tertiary/aromatic N) is 2. The van der Waals surface area contributed by atoms with Crippen molar-refractivity contribution in [2.45, 2.75) is 18.6 Å². The van der Waals surface area contributed by atoms with E-state index in [2.05, 4.69) is 58.6 Å². The van der Waals surface area contributed by atoms with Crippen LogP contribution in [0.2, 0.25) is 10.0 Å². The van der Waals surface area contributed by atoms with E-state index in [4.69, 9.17) is 48.3 Å². The van der Waals surface area contributed by atoms with Crippen LogP contribution in [0, 0.1) is 0 Å². The number of anilines is 1. The smallest absolute Gasteiger partial charge is 0.475 e. The molecule has 0 fully saturated rings. The summed E-state index contributed by atoms with van der Waals surface area (Å²) in [5.41, 5.74) is 11.3. The van der Waals surface area contributed by atoms with Crippen molar-refractivity contribution in [3.8, 4) is 11.1 Å². The van der Waals surface area contributed by atoms with Crippen molar-refractivity contribution < 1.29 is 32.5 Å². The summed E-state index contributed by atoms with van der Waals surface area (Å²) in [6.07, 6.45) is -3.25. The number of nitrogens with one attached hydrogen (secondary N) is 1. The number of benzene rings is 2. The van der Waals surface area contributed by atoms with Crippen molar-refractivity contribution in [1.82, 2.24) is 9.88 Å². The van der Waals surface area contributed by atoms with Gasteiger partial charge >= 0.3 is 12.1 Å². The molecule has 2 aromatic carbocycles. The predicted octanol–water partition coefficient (Wildman–Crippen LogP) is 5.67. The van der Waals surface area contributed by atoms with Crippen molar-refractivity contribution in [2.75, 3.05) is 58.4 Å². The predicted molar refractivity (Wildman–Crippen MR) is 157 cm³/mol. The number of nitrogens with two attached hydrogens (primary N) is 1. The van der Waals surface area contributed by atoms with Crippen LogP contribution >= 0.6 is 23.2 Å². The molecule has 0 aliphatic carbocycles. The Balaban J connectivity index is 0.000000616. The molecule has 13 heteroatoms. The Kier molecular flexibility index (Phi) is 12.8. The minimum absolute atomic E-state index is 0.199. The number of ether oxygens (including phenoxy) is 2. The van der Waals surface area contributed by atoms with E-state index in [-0.39, 0.29) is 5.92 Å². The number of alkyl halides is 3. The molecule has 0 bridgehead atoms. The molecule has 0 radical (unpaired) electrons. The molecule has 0 saturated heterocycles. The molecule has 1 aliphatic rings. The van der Waals surface area contributed by atoms with Gasteiger partial charge in [-0.1, -0.05) is 47.5 Å². The van der Waals surface area contributed by atoms with Crippen LogP contribution in [0.3, 0.4) is 0 Å². The van der Waals surface area contributed by atoms with E-state index in [1.54, 1.807) is 0 Å². The molecule has 1 aromatic heterocycles. The zero-order chi connectivity index (χ0) is 30.7. The molecule has 2 heterocycles. The maximum Gasteiger partial charge on any atom is 0.490 e. The third-order valence-electron chi connectivity index (χ3n) is 6.30. The van der Waals surface area contributed by atoms with Gasteiger partial charge in [0.2, 0.25) is 0 Å². The van der Waals surface area contributed by atoms with Crippen LogP contribution in [0.5, 0.6) is 0 Å². The van der Waals surface area contributed by atoms with Gasteiger partial charge in [-0.2, -0.15) is 13.2 Å². The molecule has 42 heavy (non-hydrogen) atoms. The first-order chi connectivity index (χ1) is 20.0. The normalized spacial score (nSPS) is 15.0. The van der Waals surface area contributed by atoms with Gasteiger partial charge in [-0.05, 0) is 59.1 Å². The van der Waals surface area contributed by atoms with Gasteiger partial charge < -0.3 is 30.5 Å². The quantitative estimate of drug-likeness (QED) is 0.233. The highest BCUT2D eigenvalue weighted by atomic mass is 35.5. The van der Waals surface area contributed by atoms with E-state index in [9.17, 15) is 13.2 Å². The van der Waals surface area contributed by atoms with Crippen LogP contribution < -0.4 is 11.1 Å². The van der Waals surface area contributed by atoms with Gasteiger partial charge in [0.15, 0.2) is 0 Å². The van der Waals surface area contributed by atoms with Crippen molar-refractivity contribution in [2.24, 2.45) is 5.73 Å². The molecule has 1 aliphatic heterocycles. The van der Waals surface area contributed by atoms with Crippen LogP contribution in [0.1, 0.15) is 22.6 Å². The van der Waals surface area contributed by atoms with Gasteiger partial charge in [-0.3, -0.25) is 0 Å². The van der Waals surface area contributed by atoms with Gasteiger partial charge in [0.1, 0.15) is 5.82 Å². The highest BCUT2D eigenvalue weighted by Crippen LogP contribution is 2.39. The Morgan fingerprint density at radius 3 is 2.48 bits per heavy atom. The van der Waals surface area contributed by atoms with Crippen LogP contribution in [-0.4, -0.2) is 80.2 Å². The molecule has 1 atom stereocenters. The van der Waals surface area contributed by atoms with Crippen LogP contribution in [-0.2, 0) is 20.8 Å². The zero-order valence-electron chi connectivity index (χ0n) is 23.0. The van der Waals surface area contributed by atoms with Gasteiger partial charge in [-0.15, -0.1) is 0 Å². The molecule has 3 aromatic rings. The number of fused-ring (bicyclic) bond motifs is 1. The molecule has 0 unspecified atom stereocenters. The van der Waals surface area contributed by atoms with E-state index in [0.717, 1.165) is 40.6 Å². The topological polar surface area (TPSA) is 110 Å². The Morgan fingerprint density at radius 1 is 1.10 bits per heavy atom. The minimum Gasteiger partial charge on any atom is -0.475 e. The number of rotatable bonds is 11. The van der Waals surface area contributed by atoms with Crippen molar-refractivity contribution in [3.63, 3.8) is 0 Å². The maximum absolute atomic E-state index is 10.6. The van der Waals surface area contributed by atoms with Gasteiger partial charge in [0, 0.05) is 48.3 Å². The van der Waals surface area contributed by atoms with Crippen molar-refractivity contribution in [1.29, 1.82) is 0 Å². The Bertz CT molecular complexity index is 1330. The number of hydrogen-bond acceptors (Lipinski definition) is 7. The molecule has 4 rings (SSSR count). The van der Waals surface area contributed by atoms with E-state index >= 15 is 0 Å². The largest absolute Gasteiger partial charge is 0.490 e. The first-order valence-electron chi connectivity index (χ1n) is 13.1. The summed E-state index contributed by atoms with van der Waals surface area (Å²) in [5, 5.41) is 11.9. The molecule has 228 valence electrons. The fourth-order valence-electron chi connectivity index (χ4n) is 4.43. The summed E-state index contributed by atoms with van der Waals surface area (Å²) in [4.78, 5) is 15.7. The summed E-state index contributed by atoms with van der Waals surface area (Å²) in [5.74, 6) is -1.74. The molecule has 4 N–H and O–H groups in total. The summed E-state index contributed by atoms with van der Waals surface area (Å²) in [7, 11) is 2.13. The van der Waals surface area contributed by atoms with Crippen molar-refractivity contribution >= 4 is 35.0 Å². The average molecular weight is 630 g/mol. The van der Waals surface area contributed by atoms with E-state index in [1.165, 1.54) is 11.1 Å². The second-order valence-electron chi connectivity index (χ2n) is 9.50. The first kappa shape index (κ1) is 33.6. The number of aromatic nitrogens is 1. The zero-order valence-corrected chi connectivity index (χ0v) is 24.5. The first-order valence-corrected chi connectivity index (χ1v) is 13.9. The van der Waals surface area contributed by atoms with Crippen LogP contribution in [0.25, 0.3) is 11.1 Å². The van der Waals surface area contributed by atoms with Gasteiger partial charge in [-0.25, -0.2) is 9.78 Å². The number of hydrogen-bond donors (Lipinski definition) is 3. The average Bonchev–Trinajstić information content (AvgIpc) is 2.94.